The molecule has 4 nitrogen and oxygen atoms in total. The van der Waals surface area contributed by atoms with Crippen molar-refractivity contribution in [2.24, 2.45) is 0 Å². The van der Waals surface area contributed by atoms with Crippen molar-refractivity contribution in [1.82, 2.24) is 9.62 Å². The standard InChI is InChI=1S/C19H30F2N2O2S/c1-3-15(22-11-10-14(2)24)13-16-5-4-12-23(16)26-18-8-6-17(7-9-18)25-19(20)21/h6-9,14-16,19,22,24H,3-5,10-13H2,1-2H3. The summed E-state index contributed by atoms with van der Waals surface area (Å²) < 4.78 is 31.3. The molecule has 1 aromatic carbocycles. The van der Waals surface area contributed by atoms with Gasteiger partial charge in [-0.15, -0.1) is 0 Å². The van der Waals surface area contributed by atoms with Crippen molar-refractivity contribution in [3.63, 3.8) is 0 Å². The number of nitrogens with zero attached hydrogens (tertiary/aromatic N) is 1. The van der Waals surface area contributed by atoms with Crippen molar-refractivity contribution in [2.45, 2.75) is 75.6 Å². The lowest BCUT2D eigenvalue weighted by atomic mass is 10.0. The molecule has 3 atom stereocenters. The second kappa shape index (κ2) is 11.1. The van der Waals surface area contributed by atoms with Gasteiger partial charge in [0.05, 0.1) is 6.10 Å². The summed E-state index contributed by atoms with van der Waals surface area (Å²) in [6.07, 6.45) is 5.00. The van der Waals surface area contributed by atoms with Gasteiger partial charge in [-0.25, -0.2) is 4.31 Å². The van der Waals surface area contributed by atoms with Crippen molar-refractivity contribution in [3.05, 3.63) is 24.3 Å². The van der Waals surface area contributed by atoms with Crippen LogP contribution in [0.15, 0.2) is 29.2 Å². The minimum Gasteiger partial charge on any atom is -0.435 e. The molecule has 3 unspecified atom stereocenters. The number of hydrogen-bond acceptors (Lipinski definition) is 5. The number of hydrogen-bond donors (Lipinski definition) is 2. The van der Waals surface area contributed by atoms with Crippen LogP contribution in [0.5, 0.6) is 5.75 Å². The first-order valence-corrected chi connectivity index (χ1v) is 10.2. The molecule has 1 aliphatic rings. The van der Waals surface area contributed by atoms with Crippen LogP contribution in [0.1, 0.15) is 46.0 Å². The number of alkyl halides is 2. The SMILES string of the molecule is CCC(CC1CCCN1Sc1ccc(OC(F)F)cc1)NCCC(C)O. The molecule has 1 aromatic rings. The molecule has 148 valence electrons. The van der Waals surface area contributed by atoms with Crippen LogP contribution in [0.3, 0.4) is 0 Å². The van der Waals surface area contributed by atoms with Gasteiger partial charge in [0.25, 0.3) is 0 Å². The fraction of sp³-hybridized carbons (Fsp3) is 0.684. The van der Waals surface area contributed by atoms with Gasteiger partial charge in [0.2, 0.25) is 0 Å². The maximum Gasteiger partial charge on any atom is 0.387 e. The third-order valence-electron chi connectivity index (χ3n) is 4.64. The topological polar surface area (TPSA) is 44.7 Å². The Bertz CT molecular complexity index is 517. The van der Waals surface area contributed by atoms with E-state index in [0.29, 0.717) is 12.1 Å². The smallest absolute Gasteiger partial charge is 0.387 e. The summed E-state index contributed by atoms with van der Waals surface area (Å²) >= 11 is 1.69. The largest absolute Gasteiger partial charge is 0.435 e. The molecule has 0 amide bonds. The average molecular weight is 389 g/mol. The van der Waals surface area contributed by atoms with Gasteiger partial charge in [0.15, 0.2) is 0 Å². The third-order valence-corrected chi connectivity index (χ3v) is 5.84. The molecule has 1 heterocycles. The zero-order valence-electron chi connectivity index (χ0n) is 15.5. The highest BCUT2D eigenvalue weighted by atomic mass is 32.2. The molecule has 1 fully saturated rings. The Morgan fingerprint density at radius 3 is 2.69 bits per heavy atom. The van der Waals surface area contributed by atoms with Gasteiger partial charge in [-0.05, 0) is 81.8 Å². The van der Waals surface area contributed by atoms with Crippen molar-refractivity contribution in [2.75, 3.05) is 13.1 Å². The van der Waals surface area contributed by atoms with E-state index in [-0.39, 0.29) is 11.9 Å². The molecule has 7 heteroatoms. The number of nitrogens with one attached hydrogen (secondary N) is 1. The van der Waals surface area contributed by atoms with Gasteiger partial charge in [0, 0.05) is 23.5 Å². The number of aliphatic hydroxyl groups excluding tert-OH is 1. The zero-order valence-corrected chi connectivity index (χ0v) is 16.4. The lowest BCUT2D eigenvalue weighted by molar-refractivity contribution is -0.0498. The molecule has 2 rings (SSSR count). The summed E-state index contributed by atoms with van der Waals surface area (Å²) in [5.41, 5.74) is 0. The summed E-state index contributed by atoms with van der Waals surface area (Å²) in [6.45, 7) is 3.09. The van der Waals surface area contributed by atoms with Crippen molar-refractivity contribution >= 4 is 11.9 Å². The summed E-state index contributed by atoms with van der Waals surface area (Å²) in [4.78, 5) is 1.04. The van der Waals surface area contributed by atoms with Crippen LogP contribution < -0.4 is 10.1 Å². The first-order valence-electron chi connectivity index (χ1n) is 9.38. The van der Waals surface area contributed by atoms with Gasteiger partial charge < -0.3 is 15.2 Å². The Labute approximate surface area is 159 Å². The summed E-state index contributed by atoms with van der Waals surface area (Å²) in [5, 5.41) is 12.9. The van der Waals surface area contributed by atoms with E-state index in [4.69, 9.17) is 0 Å². The molecule has 2 N–H and O–H groups in total. The molecule has 26 heavy (non-hydrogen) atoms. The van der Waals surface area contributed by atoms with E-state index in [9.17, 15) is 13.9 Å². The maximum absolute atomic E-state index is 12.2. The van der Waals surface area contributed by atoms with Crippen molar-refractivity contribution < 1.29 is 18.6 Å². The van der Waals surface area contributed by atoms with Gasteiger partial charge >= 0.3 is 6.61 Å². The normalized spacial score (nSPS) is 20.5. The molecule has 0 aliphatic carbocycles. The summed E-state index contributed by atoms with van der Waals surface area (Å²) in [5.74, 6) is 0.190. The monoisotopic (exact) mass is 388 g/mol. The van der Waals surface area contributed by atoms with Crippen LogP contribution >= 0.6 is 11.9 Å². The third kappa shape index (κ3) is 7.39. The molecular weight excluding hydrogens is 358 g/mol. The van der Waals surface area contributed by atoms with E-state index in [2.05, 4.69) is 21.3 Å². The number of aliphatic hydroxyl groups is 1. The quantitative estimate of drug-likeness (QED) is 0.554. The molecule has 0 aromatic heterocycles. The average Bonchev–Trinajstić information content (AvgIpc) is 3.01. The second-order valence-electron chi connectivity index (χ2n) is 6.81. The Morgan fingerprint density at radius 1 is 1.35 bits per heavy atom. The first-order chi connectivity index (χ1) is 12.5. The predicted octanol–water partition coefficient (Wildman–Crippen LogP) is 4.29. The molecular formula is C19H30F2N2O2S. The van der Waals surface area contributed by atoms with Crippen molar-refractivity contribution in [3.8, 4) is 5.75 Å². The van der Waals surface area contributed by atoms with E-state index in [1.807, 2.05) is 19.1 Å². The van der Waals surface area contributed by atoms with Crippen LogP contribution in [0, 0.1) is 0 Å². The molecule has 0 radical (unpaired) electrons. The molecule has 0 spiro atoms. The fourth-order valence-corrected chi connectivity index (χ4v) is 4.29. The van der Waals surface area contributed by atoms with E-state index >= 15 is 0 Å². The van der Waals surface area contributed by atoms with Gasteiger partial charge in [-0.2, -0.15) is 8.78 Å². The zero-order chi connectivity index (χ0) is 18.9. The van der Waals surface area contributed by atoms with Gasteiger partial charge in [0.1, 0.15) is 5.75 Å². The van der Waals surface area contributed by atoms with Crippen LogP contribution in [0.2, 0.25) is 0 Å². The highest BCUT2D eigenvalue weighted by Crippen LogP contribution is 2.34. The number of ether oxygens (including phenoxy) is 1. The highest BCUT2D eigenvalue weighted by molar-refractivity contribution is 7.97. The Morgan fingerprint density at radius 2 is 2.08 bits per heavy atom. The Kier molecular flexibility index (Phi) is 9.11. The van der Waals surface area contributed by atoms with Crippen molar-refractivity contribution in [1.29, 1.82) is 0 Å². The molecule has 1 aliphatic heterocycles. The molecule has 0 bridgehead atoms. The van der Waals surface area contributed by atoms with E-state index in [1.54, 1.807) is 24.1 Å². The first kappa shape index (κ1) is 21.4. The molecule has 1 saturated heterocycles. The number of halogens is 2. The fourth-order valence-electron chi connectivity index (χ4n) is 3.20. The summed E-state index contributed by atoms with van der Waals surface area (Å²) in [7, 11) is 0. The number of benzene rings is 1. The van der Waals surface area contributed by atoms with Gasteiger partial charge in [-0.3, -0.25) is 0 Å². The van der Waals surface area contributed by atoms with Crippen LogP contribution in [0.4, 0.5) is 8.78 Å². The van der Waals surface area contributed by atoms with Crippen LogP contribution in [0.25, 0.3) is 0 Å². The van der Waals surface area contributed by atoms with Gasteiger partial charge in [-0.1, -0.05) is 6.92 Å². The minimum absolute atomic E-state index is 0.190. The minimum atomic E-state index is -2.79. The van der Waals surface area contributed by atoms with E-state index in [0.717, 1.165) is 37.2 Å². The summed E-state index contributed by atoms with van der Waals surface area (Å²) in [6, 6.07) is 7.78. The second-order valence-corrected chi connectivity index (χ2v) is 7.93. The van der Waals surface area contributed by atoms with E-state index in [1.165, 1.54) is 12.8 Å². The van der Waals surface area contributed by atoms with Crippen LogP contribution in [-0.4, -0.2) is 47.3 Å². The molecule has 0 saturated carbocycles. The van der Waals surface area contributed by atoms with Crippen LogP contribution in [-0.2, 0) is 0 Å². The lowest BCUT2D eigenvalue weighted by Crippen LogP contribution is -2.36. The lowest BCUT2D eigenvalue weighted by Gasteiger charge is -2.27. The predicted molar refractivity (Wildman–Crippen MR) is 102 cm³/mol. The number of rotatable bonds is 11. The van der Waals surface area contributed by atoms with E-state index < -0.39 is 6.61 Å². The maximum atomic E-state index is 12.2. The highest BCUT2D eigenvalue weighted by Gasteiger charge is 2.27. The Hall–Kier alpha value is -0.890. The Balaban J connectivity index is 1.84.